The number of aromatic nitrogens is 2. The lowest BCUT2D eigenvalue weighted by Gasteiger charge is -2.16. The second-order valence-electron chi connectivity index (χ2n) is 9.13. The fourth-order valence-corrected chi connectivity index (χ4v) is 4.56. The van der Waals surface area contributed by atoms with E-state index in [1.807, 2.05) is 72.8 Å². The molecule has 1 aromatic heterocycles. The van der Waals surface area contributed by atoms with Crippen molar-refractivity contribution in [2.45, 2.75) is 12.8 Å². The standard InChI is InChI=1S/C32H27FN4O3/c1-21(34-35-31(38)29(22-9-5-3-6-10-22)23-11-7-4-8-12-23)28-30(24-13-19-27(40-2)20-14-24)36-37(32(28)39)26-17-15-25(33)16-18-26/h3-20,29,36H,1-2H3,(H,35,38)/b34-21+. The van der Waals surface area contributed by atoms with Crippen LogP contribution in [-0.4, -0.2) is 28.5 Å². The molecule has 0 spiro atoms. The van der Waals surface area contributed by atoms with E-state index in [1.165, 1.54) is 28.9 Å². The predicted molar refractivity (Wildman–Crippen MR) is 153 cm³/mol. The lowest BCUT2D eigenvalue weighted by Crippen LogP contribution is -2.28. The Hall–Kier alpha value is -5.24. The molecule has 0 saturated heterocycles. The van der Waals surface area contributed by atoms with Crippen molar-refractivity contribution in [3.8, 4) is 22.7 Å². The number of halogens is 1. The Morgan fingerprint density at radius 1 is 0.875 bits per heavy atom. The lowest BCUT2D eigenvalue weighted by molar-refractivity contribution is -0.121. The Labute approximate surface area is 230 Å². The largest absolute Gasteiger partial charge is 0.497 e. The van der Waals surface area contributed by atoms with Gasteiger partial charge in [-0.2, -0.15) is 5.10 Å². The van der Waals surface area contributed by atoms with E-state index in [0.29, 0.717) is 28.4 Å². The Morgan fingerprint density at radius 3 is 2.00 bits per heavy atom. The molecule has 0 aliphatic carbocycles. The molecule has 0 aliphatic rings. The molecule has 0 atom stereocenters. The SMILES string of the molecule is COc1ccc(-c2[nH]n(-c3ccc(F)cc3)c(=O)c2/C(C)=N/NC(=O)C(c2ccccc2)c2ccccc2)cc1. The highest BCUT2D eigenvalue weighted by Crippen LogP contribution is 2.26. The fraction of sp³-hybridized carbons (Fsp3) is 0.0938. The van der Waals surface area contributed by atoms with Crippen LogP contribution in [0.25, 0.3) is 16.9 Å². The van der Waals surface area contributed by atoms with Gasteiger partial charge < -0.3 is 4.74 Å². The van der Waals surface area contributed by atoms with Crippen LogP contribution in [-0.2, 0) is 4.79 Å². The van der Waals surface area contributed by atoms with Crippen molar-refractivity contribution in [2.24, 2.45) is 5.10 Å². The molecule has 0 fully saturated rings. The second-order valence-corrected chi connectivity index (χ2v) is 9.13. The average Bonchev–Trinajstić information content (AvgIpc) is 3.34. The number of nitrogens with zero attached hydrogens (tertiary/aromatic N) is 2. The van der Waals surface area contributed by atoms with Crippen molar-refractivity contribution < 1.29 is 13.9 Å². The molecule has 7 nitrogen and oxygen atoms in total. The number of hydrogen-bond acceptors (Lipinski definition) is 4. The zero-order valence-corrected chi connectivity index (χ0v) is 22.0. The van der Waals surface area contributed by atoms with Gasteiger partial charge in [-0.15, -0.1) is 0 Å². The number of carbonyl (C=O) groups is 1. The van der Waals surface area contributed by atoms with Gasteiger partial charge in [0.25, 0.3) is 11.5 Å². The number of hydrazone groups is 1. The molecule has 5 aromatic rings. The summed E-state index contributed by atoms with van der Waals surface area (Å²) in [6, 6.07) is 31.7. The summed E-state index contributed by atoms with van der Waals surface area (Å²) in [4.78, 5) is 27.1. The third-order valence-electron chi connectivity index (χ3n) is 6.58. The van der Waals surface area contributed by atoms with Crippen molar-refractivity contribution in [1.82, 2.24) is 15.2 Å². The van der Waals surface area contributed by atoms with E-state index in [9.17, 15) is 14.0 Å². The first-order valence-corrected chi connectivity index (χ1v) is 12.7. The molecule has 2 N–H and O–H groups in total. The van der Waals surface area contributed by atoms with E-state index < -0.39 is 17.3 Å². The zero-order chi connectivity index (χ0) is 28.1. The first kappa shape index (κ1) is 26.4. The number of nitrogens with one attached hydrogen (secondary N) is 2. The summed E-state index contributed by atoms with van der Waals surface area (Å²) >= 11 is 0. The first-order chi connectivity index (χ1) is 19.5. The molecule has 1 heterocycles. The van der Waals surface area contributed by atoms with Crippen molar-refractivity contribution in [2.75, 3.05) is 7.11 Å². The molecule has 40 heavy (non-hydrogen) atoms. The normalized spacial score (nSPS) is 11.4. The van der Waals surface area contributed by atoms with Gasteiger partial charge in [0.1, 0.15) is 11.6 Å². The van der Waals surface area contributed by atoms with Crippen LogP contribution in [0.1, 0.15) is 29.5 Å². The maximum Gasteiger partial charge on any atom is 0.281 e. The van der Waals surface area contributed by atoms with Gasteiger partial charge in [-0.1, -0.05) is 60.7 Å². The van der Waals surface area contributed by atoms with Crippen molar-refractivity contribution in [3.05, 3.63) is 142 Å². The van der Waals surface area contributed by atoms with Crippen molar-refractivity contribution in [3.63, 3.8) is 0 Å². The van der Waals surface area contributed by atoms with E-state index in [2.05, 4.69) is 15.6 Å². The molecule has 200 valence electrons. The molecule has 0 aliphatic heterocycles. The number of amides is 1. The molecule has 0 bridgehead atoms. The van der Waals surface area contributed by atoms with Gasteiger partial charge in [0, 0.05) is 5.56 Å². The maximum absolute atomic E-state index is 13.7. The monoisotopic (exact) mass is 534 g/mol. The Morgan fingerprint density at radius 2 is 1.45 bits per heavy atom. The van der Waals surface area contributed by atoms with Crippen LogP contribution in [0.3, 0.4) is 0 Å². The summed E-state index contributed by atoms with van der Waals surface area (Å²) in [6.07, 6.45) is 0. The molecule has 5 rings (SSSR count). The quantitative estimate of drug-likeness (QED) is 0.199. The van der Waals surface area contributed by atoms with E-state index >= 15 is 0 Å². The topological polar surface area (TPSA) is 88.5 Å². The molecular weight excluding hydrogens is 507 g/mol. The predicted octanol–water partition coefficient (Wildman–Crippen LogP) is 5.65. The summed E-state index contributed by atoms with van der Waals surface area (Å²) in [7, 11) is 1.57. The minimum atomic E-state index is -0.595. The highest BCUT2D eigenvalue weighted by molar-refractivity contribution is 6.04. The number of hydrogen-bond donors (Lipinski definition) is 2. The highest BCUT2D eigenvalue weighted by Gasteiger charge is 2.24. The van der Waals surface area contributed by atoms with Crippen LogP contribution >= 0.6 is 0 Å². The number of ether oxygens (including phenoxy) is 1. The van der Waals surface area contributed by atoms with Gasteiger partial charge in [0.05, 0.1) is 35.7 Å². The molecule has 0 radical (unpaired) electrons. The van der Waals surface area contributed by atoms with Crippen molar-refractivity contribution >= 4 is 11.6 Å². The van der Waals surface area contributed by atoms with Crippen LogP contribution in [0.2, 0.25) is 0 Å². The van der Waals surface area contributed by atoms with E-state index in [4.69, 9.17) is 4.74 Å². The van der Waals surface area contributed by atoms with Gasteiger partial charge in [0.2, 0.25) is 0 Å². The van der Waals surface area contributed by atoms with E-state index in [-0.39, 0.29) is 11.5 Å². The fourth-order valence-electron chi connectivity index (χ4n) is 4.56. The van der Waals surface area contributed by atoms with Gasteiger partial charge in [-0.05, 0) is 66.6 Å². The smallest absolute Gasteiger partial charge is 0.281 e. The third kappa shape index (κ3) is 5.47. The molecule has 0 saturated carbocycles. The Kier molecular flexibility index (Phi) is 7.68. The summed E-state index contributed by atoms with van der Waals surface area (Å²) < 4.78 is 20.2. The maximum atomic E-state index is 13.7. The lowest BCUT2D eigenvalue weighted by atomic mass is 9.91. The van der Waals surface area contributed by atoms with Gasteiger partial charge in [-0.25, -0.2) is 14.5 Å². The number of rotatable bonds is 8. The number of benzene rings is 4. The van der Waals surface area contributed by atoms with E-state index in [1.54, 1.807) is 26.2 Å². The molecular formula is C32H27FN4O3. The van der Waals surface area contributed by atoms with Crippen molar-refractivity contribution in [1.29, 1.82) is 0 Å². The minimum absolute atomic E-state index is 0.269. The number of aromatic amines is 1. The minimum Gasteiger partial charge on any atom is -0.497 e. The van der Waals surface area contributed by atoms with Gasteiger partial charge >= 0.3 is 0 Å². The Bertz CT molecular complexity index is 1650. The summed E-state index contributed by atoms with van der Waals surface area (Å²) in [5, 5.41) is 7.50. The summed E-state index contributed by atoms with van der Waals surface area (Å²) in [6.45, 7) is 1.66. The van der Waals surface area contributed by atoms with Gasteiger partial charge in [-0.3, -0.25) is 14.7 Å². The highest BCUT2D eigenvalue weighted by atomic mass is 19.1. The Balaban J connectivity index is 1.54. The van der Waals surface area contributed by atoms with Crippen LogP contribution < -0.4 is 15.7 Å². The summed E-state index contributed by atoms with van der Waals surface area (Å²) in [5.41, 5.74) is 6.16. The van der Waals surface area contributed by atoms with Crippen LogP contribution in [0.5, 0.6) is 5.75 Å². The van der Waals surface area contributed by atoms with Crippen LogP contribution in [0.15, 0.2) is 119 Å². The summed E-state index contributed by atoms with van der Waals surface area (Å²) in [5.74, 6) is -0.679. The number of carbonyl (C=O) groups excluding carboxylic acids is 1. The zero-order valence-electron chi connectivity index (χ0n) is 22.0. The number of methoxy groups -OCH3 is 1. The second kappa shape index (κ2) is 11.7. The van der Waals surface area contributed by atoms with Gasteiger partial charge in [0.15, 0.2) is 0 Å². The molecule has 8 heteroatoms. The molecule has 4 aromatic carbocycles. The average molecular weight is 535 g/mol. The molecule has 1 amide bonds. The van der Waals surface area contributed by atoms with Crippen LogP contribution in [0.4, 0.5) is 4.39 Å². The molecule has 0 unspecified atom stereocenters. The van der Waals surface area contributed by atoms with E-state index in [0.717, 1.165) is 11.1 Å². The first-order valence-electron chi connectivity index (χ1n) is 12.7. The third-order valence-corrected chi connectivity index (χ3v) is 6.58. The number of H-pyrrole nitrogens is 1. The van der Waals surface area contributed by atoms with Crippen LogP contribution in [0, 0.1) is 5.82 Å².